The summed E-state index contributed by atoms with van der Waals surface area (Å²) in [6.07, 6.45) is 4.79. The Balaban J connectivity index is 1.42. The van der Waals surface area contributed by atoms with Gasteiger partial charge in [0.2, 0.25) is 5.91 Å². The van der Waals surface area contributed by atoms with Crippen molar-refractivity contribution in [1.29, 1.82) is 0 Å². The van der Waals surface area contributed by atoms with Crippen LogP contribution in [0.25, 0.3) is 17.0 Å². The van der Waals surface area contributed by atoms with Crippen molar-refractivity contribution in [2.75, 3.05) is 25.5 Å². The van der Waals surface area contributed by atoms with Crippen LogP contribution in [-0.2, 0) is 34.5 Å². The van der Waals surface area contributed by atoms with Gasteiger partial charge in [-0.2, -0.15) is 0 Å². The summed E-state index contributed by atoms with van der Waals surface area (Å²) in [6, 6.07) is 11.6. The van der Waals surface area contributed by atoms with Crippen molar-refractivity contribution in [2.45, 2.75) is 20.0 Å². The molecule has 0 atom stereocenters. The van der Waals surface area contributed by atoms with E-state index < -0.39 is 12.0 Å². The molecule has 0 spiro atoms. The van der Waals surface area contributed by atoms with E-state index in [9.17, 15) is 14.4 Å². The Kier molecular flexibility index (Phi) is 6.62. The van der Waals surface area contributed by atoms with Crippen molar-refractivity contribution >= 4 is 40.7 Å². The number of likely N-dealkylation sites (N-methyl/N-ethyl adjacent to an activating group) is 1. The van der Waals surface area contributed by atoms with E-state index in [0.717, 1.165) is 27.7 Å². The molecule has 3 aromatic rings. The number of nitrogens with one attached hydrogen (secondary N) is 1. The molecule has 1 N–H and O–H groups in total. The maximum absolute atomic E-state index is 12.7. The van der Waals surface area contributed by atoms with Crippen LogP contribution in [0.2, 0.25) is 0 Å². The normalized spacial score (nSPS) is 13.1. The predicted octanol–water partition coefficient (Wildman–Crippen LogP) is 3.16. The second-order valence-electron chi connectivity index (χ2n) is 8.15. The summed E-state index contributed by atoms with van der Waals surface area (Å²) in [5.41, 5.74) is 3.64. The molecule has 0 unspecified atom stereocenters. The van der Waals surface area contributed by atoms with Crippen molar-refractivity contribution in [2.24, 2.45) is 7.05 Å². The second kappa shape index (κ2) is 9.78. The first-order valence-corrected chi connectivity index (χ1v) is 11.0. The molecule has 34 heavy (non-hydrogen) atoms. The molecule has 0 saturated heterocycles. The number of para-hydroxylation sites is 1. The third kappa shape index (κ3) is 4.93. The van der Waals surface area contributed by atoms with Crippen LogP contribution in [0.3, 0.4) is 0 Å². The number of amides is 3. The summed E-state index contributed by atoms with van der Waals surface area (Å²) in [7, 11) is 3.76. The Labute approximate surface area is 197 Å². The first-order chi connectivity index (χ1) is 16.4. The molecular formula is C25H27N5O4. The van der Waals surface area contributed by atoms with E-state index in [1.165, 1.54) is 11.0 Å². The van der Waals surface area contributed by atoms with Crippen LogP contribution in [0.4, 0.5) is 10.6 Å². The average molecular weight is 462 g/mol. The van der Waals surface area contributed by atoms with Crippen molar-refractivity contribution < 1.29 is 19.1 Å². The van der Waals surface area contributed by atoms with E-state index in [2.05, 4.69) is 33.1 Å². The highest BCUT2D eigenvalue weighted by molar-refractivity contribution is 5.94. The fraction of sp³-hybridized carbons (Fsp3) is 0.280. The van der Waals surface area contributed by atoms with Gasteiger partial charge in [0.05, 0.1) is 19.7 Å². The molecule has 0 aliphatic carbocycles. The topological polar surface area (TPSA) is 96.8 Å². The number of rotatable bonds is 7. The van der Waals surface area contributed by atoms with Gasteiger partial charge in [-0.3, -0.25) is 14.9 Å². The highest BCUT2D eigenvalue weighted by atomic mass is 16.5. The number of fused-ring (bicyclic) bond motifs is 2. The van der Waals surface area contributed by atoms with Gasteiger partial charge in [0.25, 0.3) is 0 Å². The number of ether oxygens (including phenoxy) is 1. The smallest absolute Gasteiger partial charge is 0.325 e. The molecule has 0 bridgehead atoms. The van der Waals surface area contributed by atoms with Gasteiger partial charge in [0.15, 0.2) is 0 Å². The Bertz CT molecular complexity index is 1280. The highest BCUT2D eigenvalue weighted by Gasteiger charge is 2.25. The van der Waals surface area contributed by atoms with Gasteiger partial charge in [-0.1, -0.05) is 18.2 Å². The van der Waals surface area contributed by atoms with Gasteiger partial charge in [0.1, 0.15) is 12.4 Å². The molecule has 1 aromatic carbocycles. The van der Waals surface area contributed by atoms with Crippen LogP contribution in [0.15, 0.2) is 48.7 Å². The van der Waals surface area contributed by atoms with E-state index in [1.807, 2.05) is 25.2 Å². The fourth-order valence-corrected chi connectivity index (χ4v) is 3.91. The van der Waals surface area contributed by atoms with Crippen molar-refractivity contribution in [3.8, 4) is 0 Å². The molecule has 3 heterocycles. The number of nitrogens with zero attached hydrogens (tertiary/aromatic N) is 4. The number of pyridine rings is 1. The first-order valence-electron chi connectivity index (χ1n) is 11.0. The van der Waals surface area contributed by atoms with Crippen LogP contribution < -0.4 is 5.32 Å². The number of esters is 1. The number of hydrogen-bond donors (Lipinski definition) is 1. The van der Waals surface area contributed by atoms with Crippen LogP contribution in [0.5, 0.6) is 0 Å². The molecule has 2 aromatic heterocycles. The van der Waals surface area contributed by atoms with Gasteiger partial charge in [-0.25, -0.2) is 9.78 Å². The van der Waals surface area contributed by atoms with Gasteiger partial charge in [0, 0.05) is 43.1 Å². The fourth-order valence-electron chi connectivity index (χ4n) is 3.91. The van der Waals surface area contributed by atoms with Crippen molar-refractivity contribution in [3.05, 3.63) is 65.5 Å². The molecule has 9 nitrogen and oxygen atoms in total. The largest absolute Gasteiger partial charge is 0.465 e. The Morgan fingerprint density at radius 1 is 1.26 bits per heavy atom. The van der Waals surface area contributed by atoms with Gasteiger partial charge in [-0.05, 0) is 42.1 Å². The summed E-state index contributed by atoms with van der Waals surface area (Å²) in [6.45, 7) is 2.53. The van der Waals surface area contributed by atoms with Gasteiger partial charge < -0.3 is 19.1 Å². The lowest BCUT2D eigenvalue weighted by molar-refractivity contribution is -0.143. The highest BCUT2D eigenvalue weighted by Crippen LogP contribution is 2.23. The molecule has 0 saturated carbocycles. The van der Waals surface area contributed by atoms with E-state index in [0.29, 0.717) is 12.4 Å². The number of benzene rings is 1. The molecule has 0 fully saturated rings. The summed E-state index contributed by atoms with van der Waals surface area (Å²) < 4.78 is 7.02. The van der Waals surface area contributed by atoms with Crippen LogP contribution >= 0.6 is 0 Å². The van der Waals surface area contributed by atoms with E-state index in [1.54, 1.807) is 31.1 Å². The third-order valence-electron chi connectivity index (χ3n) is 5.73. The minimum atomic E-state index is -0.468. The number of urea groups is 1. The maximum atomic E-state index is 12.7. The average Bonchev–Trinajstić information content (AvgIpc) is 3.13. The number of carbonyl (C=O) groups is 3. The number of carbonyl (C=O) groups excluding carboxylic acids is 3. The minimum absolute atomic E-state index is 0.139. The van der Waals surface area contributed by atoms with Gasteiger partial charge in [-0.15, -0.1) is 0 Å². The zero-order valence-corrected chi connectivity index (χ0v) is 19.4. The van der Waals surface area contributed by atoms with Crippen LogP contribution in [-0.4, -0.2) is 57.5 Å². The zero-order valence-electron chi connectivity index (χ0n) is 19.4. The predicted molar refractivity (Wildman–Crippen MR) is 129 cm³/mol. The number of hydrogen-bond acceptors (Lipinski definition) is 5. The van der Waals surface area contributed by atoms with E-state index in [4.69, 9.17) is 4.74 Å². The first kappa shape index (κ1) is 23.0. The minimum Gasteiger partial charge on any atom is -0.465 e. The lowest BCUT2D eigenvalue weighted by Crippen LogP contribution is -2.42. The third-order valence-corrected chi connectivity index (χ3v) is 5.73. The Morgan fingerprint density at radius 2 is 2.06 bits per heavy atom. The summed E-state index contributed by atoms with van der Waals surface area (Å²) in [4.78, 5) is 44.0. The standard InChI is InChI=1S/C25H27N5O4/c1-4-34-23(32)16-30-14-19-11-17(13-26-24(19)27-25(30)33)9-10-22(31)28(2)15-20-12-18-7-5-6-8-21(18)29(20)3/h5-13H,4,14-16H2,1-3H3,(H,26,27,33). The molecule has 176 valence electrons. The molecule has 9 heteroatoms. The summed E-state index contributed by atoms with van der Waals surface area (Å²) >= 11 is 0. The van der Waals surface area contributed by atoms with Gasteiger partial charge >= 0.3 is 12.0 Å². The van der Waals surface area contributed by atoms with Crippen molar-refractivity contribution in [1.82, 2.24) is 19.4 Å². The maximum Gasteiger partial charge on any atom is 0.325 e. The van der Waals surface area contributed by atoms with Crippen LogP contribution in [0, 0.1) is 0 Å². The summed E-state index contributed by atoms with van der Waals surface area (Å²) in [5.74, 6) is -0.161. The molecular weight excluding hydrogens is 434 g/mol. The summed E-state index contributed by atoms with van der Waals surface area (Å²) in [5, 5.41) is 3.82. The molecule has 3 amide bonds. The number of aryl methyl sites for hydroxylation is 1. The quantitative estimate of drug-likeness (QED) is 0.431. The number of anilines is 1. The molecule has 1 aliphatic heterocycles. The monoisotopic (exact) mass is 461 g/mol. The van der Waals surface area contributed by atoms with E-state index >= 15 is 0 Å². The molecule has 0 radical (unpaired) electrons. The SMILES string of the molecule is CCOC(=O)CN1Cc2cc(C=CC(=O)N(C)Cc3cc4ccccc4n3C)cnc2NC1=O. The number of aromatic nitrogens is 2. The molecule has 4 rings (SSSR count). The zero-order chi connectivity index (χ0) is 24.2. The lowest BCUT2D eigenvalue weighted by Gasteiger charge is -2.27. The molecule has 1 aliphatic rings. The Morgan fingerprint density at radius 3 is 2.82 bits per heavy atom. The van der Waals surface area contributed by atoms with Crippen molar-refractivity contribution in [3.63, 3.8) is 0 Å². The second-order valence-corrected chi connectivity index (χ2v) is 8.15. The Hall–Kier alpha value is -4.14. The van der Waals surface area contributed by atoms with E-state index in [-0.39, 0.29) is 25.6 Å². The van der Waals surface area contributed by atoms with Crippen LogP contribution in [0.1, 0.15) is 23.7 Å². The lowest BCUT2D eigenvalue weighted by atomic mass is 10.1.